The van der Waals surface area contributed by atoms with Crippen LogP contribution in [0, 0.1) is 17.8 Å². The molecule has 1 aromatic carbocycles. The maximum absolute atomic E-state index is 13.8. The van der Waals surface area contributed by atoms with E-state index in [1.165, 1.54) is 20.0 Å². The lowest BCUT2D eigenvalue weighted by Crippen LogP contribution is -2.65. The van der Waals surface area contributed by atoms with Crippen molar-refractivity contribution in [3.05, 3.63) is 39.7 Å². The highest BCUT2D eigenvalue weighted by atomic mass is 16.5. The second-order valence-corrected chi connectivity index (χ2v) is 11.5. The Morgan fingerprint density at radius 1 is 1.21 bits per heavy atom. The predicted molar refractivity (Wildman–Crippen MR) is 138 cm³/mol. The zero-order valence-electron chi connectivity index (χ0n) is 21.6. The summed E-state index contributed by atoms with van der Waals surface area (Å²) in [6.45, 7) is 1.93. The van der Waals surface area contributed by atoms with E-state index in [0.717, 1.165) is 31.5 Å². The number of carbonyl (C=O) groups excluding carboxylic acids is 3. The summed E-state index contributed by atoms with van der Waals surface area (Å²) in [6, 6.07) is 0.146. The molecule has 0 radical (unpaired) electrons. The third kappa shape index (κ3) is 3.56. The molecule has 0 unspecified atom stereocenters. The Bertz CT molecular complexity index is 1380. The first-order valence-electron chi connectivity index (χ1n) is 13.4. The molecule has 0 spiro atoms. The minimum Gasteiger partial charge on any atom is -0.508 e. The molecular formula is C28H33N3O8. The summed E-state index contributed by atoms with van der Waals surface area (Å²) in [5, 5.41) is 44.8. The highest BCUT2D eigenvalue weighted by molar-refractivity contribution is 6.24. The number of primary amides is 1. The number of Topliss-reactive ketones (excluding diaryl/α,β-unsaturated/α-hetero) is 2. The number of aromatic hydroxyl groups is 1. The summed E-state index contributed by atoms with van der Waals surface area (Å²) in [6.07, 6.45) is 4.47. The van der Waals surface area contributed by atoms with E-state index >= 15 is 0 Å². The highest BCUT2D eigenvalue weighted by Gasteiger charge is 2.63. The monoisotopic (exact) mass is 539 g/mol. The number of phenolic OH excluding ortho intramolecular Hbond substituents is 1. The lowest BCUT2D eigenvalue weighted by atomic mass is 9.58. The third-order valence-electron chi connectivity index (χ3n) is 9.35. The number of nitrogens with two attached hydrogens (primary N) is 2. The van der Waals surface area contributed by atoms with Crippen molar-refractivity contribution in [1.82, 2.24) is 4.90 Å². The van der Waals surface area contributed by atoms with Crippen LogP contribution in [0.4, 0.5) is 0 Å². The number of hydrogen-bond acceptors (Lipinski definition) is 10. The molecule has 1 heterocycles. The molecule has 3 fully saturated rings. The van der Waals surface area contributed by atoms with Crippen LogP contribution in [0.2, 0.25) is 0 Å². The number of nitrogens with zero attached hydrogens (tertiary/aromatic N) is 1. The molecule has 6 rings (SSSR count). The number of carbonyl (C=O) groups is 3. The van der Waals surface area contributed by atoms with Crippen molar-refractivity contribution in [3.8, 4) is 11.5 Å². The van der Waals surface area contributed by atoms with E-state index in [9.17, 15) is 34.8 Å². The van der Waals surface area contributed by atoms with Crippen molar-refractivity contribution in [1.29, 1.82) is 0 Å². The average Bonchev–Trinajstić information content (AvgIpc) is 3.58. The minimum absolute atomic E-state index is 0.0266. The van der Waals surface area contributed by atoms with Crippen LogP contribution in [-0.4, -0.2) is 74.6 Å². The highest BCUT2D eigenvalue weighted by Crippen LogP contribution is 2.54. The molecule has 39 heavy (non-hydrogen) atoms. The molecule has 11 heteroatoms. The maximum Gasteiger partial charge on any atom is 0.255 e. The van der Waals surface area contributed by atoms with E-state index in [2.05, 4.69) is 4.90 Å². The summed E-state index contributed by atoms with van der Waals surface area (Å²) in [7, 11) is 1.53. The summed E-state index contributed by atoms with van der Waals surface area (Å²) in [5.74, 6) is -6.01. The number of hydrogen-bond donors (Lipinski definition) is 6. The normalized spacial score (nSPS) is 32.7. The number of methoxy groups -OCH3 is 1. The van der Waals surface area contributed by atoms with Crippen LogP contribution in [0.3, 0.4) is 0 Å². The van der Waals surface area contributed by atoms with Gasteiger partial charge in [-0.05, 0) is 63.0 Å². The summed E-state index contributed by atoms with van der Waals surface area (Å²) in [4.78, 5) is 40.8. The number of aliphatic hydroxyl groups is 3. The number of ether oxygens (including phenoxy) is 1. The smallest absolute Gasteiger partial charge is 0.255 e. The summed E-state index contributed by atoms with van der Waals surface area (Å²) >= 11 is 0. The molecule has 4 aliphatic carbocycles. The van der Waals surface area contributed by atoms with E-state index in [0.29, 0.717) is 17.2 Å². The number of rotatable bonds is 5. The molecule has 1 saturated heterocycles. The first-order chi connectivity index (χ1) is 18.5. The molecule has 2 saturated carbocycles. The predicted octanol–water partition coefficient (Wildman–Crippen LogP) is 0.917. The van der Waals surface area contributed by atoms with Crippen molar-refractivity contribution in [2.24, 2.45) is 29.2 Å². The number of aliphatic hydroxyl groups excluding tert-OH is 2. The zero-order chi connectivity index (χ0) is 28.0. The summed E-state index contributed by atoms with van der Waals surface area (Å²) in [5.41, 5.74) is 8.87. The molecule has 1 amide bonds. The molecule has 1 aliphatic heterocycles. The van der Waals surface area contributed by atoms with Crippen LogP contribution >= 0.6 is 0 Å². The van der Waals surface area contributed by atoms with Gasteiger partial charge in [0.05, 0.1) is 18.7 Å². The summed E-state index contributed by atoms with van der Waals surface area (Å²) < 4.78 is 5.87. The largest absolute Gasteiger partial charge is 0.508 e. The number of ketones is 2. The molecule has 11 nitrogen and oxygen atoms in total. The van der Waals surface area contributed by atoms with Gasteiger partial charge in [-0.15, -0.1) is 0 Å². The molecule has 8 N–H and O–H groups in total. The Morgan fingerprint density at radius 2 is 1.92 bits per heavy atom. The van der Waals surface area contributed by atoms with E-state index in [1.807, 2.05) is 0 Å². The van der Waals surface area contributed by atoms with E-state index in [1.54, 1.807) is 6.07 Å². The van der Waals surface area contributed by atoms with E-state index in [4.69, 9.17) is 16.2 Å². The molecule has 0 bridgehead atoms. The molecule has 208 valence electrons. The van der Waals surface area contributed by atoms with Crippen molar-refractivity contribution in [3.63, 3.8) is 0 Å². The standard InChI is InChI=1S/C28H33N3O8/c1-39-24-13(16-3-2-6-31(16)10-11-4-5-11)9-17(32)19-14(24)7-12-8-15-21(29)23(34)20(27(30)37)26(36)28(15,38)25(35)18(12)22(19)33/h9,11-12,15-16,21,32-33,36,38H,2-8,10,29H2,1H3,(H2,30,37)/t12-,15-,16-,21-,28-/m0/s1. The topological polar surface area (TPSA) is 197 Å². The van der Waals surface area contributed by atoms with Gasteiger partial charge < -0.3 is 36.6 Å². The fourth-order valence-electron chi connectivity index (χ4n) is 7.31. The number of fused-ring (bicyclic) bond motifs is 3. The fourth-order valence-corrected chi connectivity index (χ4v) is 7.31. The number of likely N-dealkylation sites (tertiary alicyclic amines) is 1. The molecule has 5 aliphatic rings. The van der Waals surface area contributed by atoms with Gasteiger partial charge in [0, 0.05) is 35.2 Å². The Hall–Kier alpha value is -3.41. The first kappa shape index (κ1) is 25.8. The number of phenols is 1. The molecular weight excluding hydrogens is 506 g/mol. The van der Waals surface area contributed by atoms with Gasteiger partial charge >= 0.3 is 0 Å². The van der Waals surface area contributed by atoms with Crippen molar-refractivity contribution >= 4 is 23.2 Å². The second-order valence-electron chi connectivity index (χ2n) is 11.5. The number of benzene rings is 1. The quantitative estimate of drug-likeness (QED) is 0.293. The van der Waals surface area contributed by atoms with Gasteiger partial charge in [0.2, 0.25) is 5.78 Å². The van der Waals surface area contributed by atoms with Gasteiger partial charge in [-0.25, -0.2) is 0 Å². The van der Waals surface area contributed by atoms with Crippen molar-refractivity contribution < 1.29 is 39.5 Å². The Kier molecular flexibility index (Phi) is 5.83. The first-order valence-corrected chi connectivity index (χ1v) is 13.4. The fraction of sp³-hybridized carbons (Fsp3) is 0.536. The zero-order valence-corrected chi connectivity index (χ0v) is 21.6. The van der Waals surface area contributed by atoms with Gasteiger partial charge in [0.1, 0.15) is 28.6 Å². The average molecular weight is 540 g/mol. The minimum atomic E-state index is -2.72. The molecule has 1 aromatic rings. The molecule has 0 aromatic heterocycles. The van der Waals surface area contributed by atoms with Crippen LogP contribution in [0.5, 0.6) is 11.5 Å². The van der Waals surface area contributed by atoms with Gasteiger partial charge in [0.15, 0.2) is 11.4 Å². The Balaban J connectivity index is 1.48. The van der Waals surface area contributed by atoms with E-state index < -0.39 is 58.0 Å². The van der Waals surface area contributed by atoms with Crippen molar-refractivity contribution in [2.75, 3.05) is 20.2 Å². The number of amides is 1. The van der Waals surface area contributed by atoms with Crippen LogP contribution < -0.4 is 16.2 Å². The maximum atomic E-state index is 13.8. The third-order valence-corrected chi connectivity index (χ3v) is 9.35. The second kappa shape index (κ2) is 8.80. The van der Waals surface area contributed by atoms with Gasteiger partial charge in [-0.2, -0.15) is 0 Å². The van der Waals surface area contributed by atoms with Gasteiger partial charge in [-0.3, -0.25) is 19.3 Å². The van der Waals surface area contributed by atoms with Crippen LogP contribution in [-0.2, 0) is 20.8 Å². The van der Waals surface area contributed by atoms with E-state index in [-0.39, 0.29) is 35.8 Å². The van der Waals surface area contributed by atoms with Crippen LogP contribution in [0.1, 0.15) is 54.8 Å². The van der Waals surface area contributed by atoms with Crippen LogP contribution in [0.25, 0.3) is 5.76 Å². The van der Waals surface area contributed by atoms with Crippen LogP contribution in [0.15, 0.2) is 23.0 Å². The molecule has 5 atom stereocenters. The SMILES string of the molecule is COc1c([C@@H]2CCCN2CC2CC2)cc(O)c2c1C[C@H]1C[C@H]3[C@H](N)C(=O)C(C(N)=O)=C(O)[C@@]3(O)C(=O)C1=C2O. The van der Waals surface area contributed by atoms with Gasteiger partial charge in [0.25, 0.3) is 5.91 Å². The Morgan fingerprint density at radius 3 is 2.56 bits per heavy atom. The van der Waals surface area contributed by atoms with Crippen molar-refractivity contribution in [2.45, 2.75) is 56.2 Å². The van der Waals surface area contributed by atoms with Gasteiger partial charge in [-0.1, -0.05) is 0 Å². The lowest BCUT2D eigenvalue weighted by molar-refractivity contribution is -0.149. The Labute approximate surface area is 224 Å². The lowest BCUT2D eigenvalue weighted by Gasteiger charge is -2.48.